The minimum Gasteiger partial charge on any atom is -0.365 e. The number of rotatable bonds is 5. The SMILES string of the molecule is C1=CC(Nc2nc(NCc3ccccc3)c3ccccc3n2)=CCC1.[HH].[HH]. The molecule has 3 aromatic rings. The first-order valence-electron chi connectivity index (χ1n) is 8.57. The molecule has 0 radical (unpaired) electrons. The maximum Gasteiger partial charge on any atom is 0.229 e. The molecule has 25 heavy (non-hydrogen) atoms. The molecule has 0 atom stereocenters. The summed E-state index contributed by atoms with van der Waals surface area (Å²) in [4.78, 5) is 9.35. The van der Waals surface area contributed by atoms with Crippen LogP contribution in [0.25, 0.3) is 10.9 Å². The molecule has 1 aliphatic rings. The van der Waals surface area contributed by atoms with Crippen LogP contribution in [-0.4, -0.2) is 9.97 Å². The quantitative estimate of drug-likeness (QED) is 0.658. The van der Waals surface area contributed by atoms with Gasteiger partial charge in [0, 0.05) is 20.5 Å². The molecule has 0 spiro atoms. The first kappa shape index (κ1) is 15.4. The number of allylic oxidation sites excluding steroid dienone is 3. The van der Waals surface area contributed by atoms with Crippen LogP contribution in [0.15, 0.2) is 78.5 Å². The van der Waals surface area contributed by atoms with Gasteiger partial charge in [0.1, 0.15) is 5.82 Å². The maximum atomic E-state index is 4.70. The largest absolute Gasteiger partial charge is 0.365 e. The molecule has 4 heteroatoms. The fourth-order valence-electron chi connectivity index (χ4n) is 2.88. The highest BCUT2D eigenvalue weighted by Crippen LogP contribution is 2.23. The van der Waals surface area contributed by atoms with Crippen LogP contribution >= 0.6 is 0 Å². The van der Waals surface area contributed by atoms with Gasteiger partial charge in [-0.1, -0.05) is 54.6 Å². The third-order valence-corrected chi connectivity index (χ3v) is 4.16. The summed E-state index contributed by atoms with van der Waals surface area (Å²) in [7, 11) is 0. The number of para-hydroxylation sites is 1. The van der Waals surface area contributed by atoms with Crippen molar-refractivity contribution in [2.75, 3.05) is 10.6 Å². The Balaban J connectivity index is 0.00000131. The molecule has 1 aliphatic carbocycles. The molecular formula is C21H24N4. The van der Waals surface area contributed by atoms with E-state index in [1.165, 1.54) is 5.56 Å². The van der Waals surface area contributed by atoms with E-state index < -0.39 is 0 Å². The van der Waals surface area contributed by atoms with Crippen molar-refractivity contribution in [3.8, 4) is 0 Å². The zero-order valence-corrected chi connectivity index (χ0v) is 13.9. The number of anilines is 2. The summed E-state index contributed by atoms with van der Waals surface area (Å²) in [6.45, 7) is 0.726. The lowest BCUT2D eigenvalue weighted by atomic mass is 10.1. The van der Waals surface area contributed by atoms with Crippen molar-refractivity contribution in [3.05, 3.63) is 84.1 Å². The Morgan fingerprint density at radius 2 is 1.76 bits per heavy atom. The average Bonchev–Trinajstić information content (AvgIpc) is 2.68. The Morgan fingerprint density at radius 3 is 2.60 bits per heavy atom. The normalized spacial score (nSPS) is 13.5. The van der Waals surface area contributed by atoms with E-state index in [-0.39, 0.29) is 2.85 Å². The van der Waals surface area contributed by atoms with Gasteiger partial charge in [-0.05, 0) is 36.6 Å². The van der Waals surface area contributed by atoms with E-state index >= 15 is 0 Å². The number of fused-ring (bicyclic) bond motifs is 1. The van der Waals surface area contributed by atoms with Gasteiger partial charge in [-0.2, -0.15) is 4.98 Å². The fourth-order valence-corrected chi connectivity index (χ4v) is 2.88. The molecule has 0 bridgehead atoms. The molecule has 1 aromatic heterocycles. The second-order valence-electron chi connectivity index (χ2n) is 6.02. The van der Waals surface area contributed by atoms with Crippen molar-refractivity contribution in [3.63, 3.8) is 0 Å². The van der Waals surface area contributed by atoms with Gasteiger partial charge >= 0.3 is 0 Å². The lowest BCUT2D eigenvalue weighted by Gasteiger charge is -2.13. The number of nitrogens with one attached hydrogen (secondary N) is 2. The molecule has 4 rings (SSSR count). The lowest BCUT2D eigenvalue weighted by Crippen LogP contribution is -2.08. The highest BCUT2D eigenvalue weighted by Gasteiger charge is 2.08. The summed E-state index contributed by atoms with van der Waals surface area (Å²) in [5.74, 6) is 1.46. The van der Waals surface area contributed by atoms with E-state index in [1.54, 1.807) is 0 Å². The number of hydrogen-bond acceptors (Lipinski definition) is 4. The van der Waals surface area contributed by atoms with Crippen molar-refractivity contribution in [1.29, 1.82) is 0 Å². The first-order chi connectivity index (χ1) is 12.4. The summed E-state index contributed by atoms with van der Waals surface area (Å²) < 4.78 is 0. The summed E-state index contributed by atoms with van der Waals surface area (Å²) in [6.07, 6.45) is 8.56. The van der Waals surface area contributed by atoms with Gasteiger partial charge in [-0.15, -0.1) is 0 Å². The van der Waals surface area contributed by atoms with Crippen LogP contribution in [0.4, 0.5) is 11.8 Å². The van der Waals surface area contributed by atoms with Gasteiger partial charge in [0.05, 0.1) is 5.52 Å². The molecular weight excluding hydrogens is 308 g/mol. The molecule has 128 valence electrons. The van der Waals surface area contributed by atoms with Gasteiger partial charge in [-0.25, -0.2) is 4.98 Å². The minimum absolute atomic E-state index is 0. The molecule has 0 saturated heterocycles. The monoisotopic (exact) mass is 332 g/mol. The molecule has 0 saturated carbocycles. The second-order valence-corrected chi connectivity index (χ2v) is 6.02. The summed E-state index contributed by atoms with van der Waals surface area (Å²) in [5.41, 5.74) is 3.20. The number of aromatic nitrogens is 2. The third-order valence-electron chi connectivity index (χ3n) is 4.16. The Hall–Kier alpha value is -3.14. The molecule has 0 amide bonds. The van der Waals surface area contributed by atoms with Crippen LogP contribution in [0.3, 0.4) is 0 Å². The van der Waals surface area contributed by atoms with E-state index in [2.05, 4.69) is 46.0 Å². The lowest BCUT2D eigenvalue weighted by molar-refractivity contribution is 1.01. The standard InChI is InChI=1S/C21H20N4.2H2/c1-3-9-16(10-4-1)15-22-20-18-13-7-8-14-19(18)24-21(25-20)23-17-11-5-2-6-12-17;;/h1,3-5,7-14H,2,6,15H2,(H2,22,23,24,25);2*1H. The summed E-state index contributed by atoms with van der Waals surface area (Å²) in [6, 6.07) is 18.4. The van der Waals surface area contributed by atoms with Gasteiger partial charge < -0.3 is 10.6 Å². The van der Waals surface area contributed by atoms with Crippen LogP contribution in [-0.2, 0) is 6.54 Å². The summed E-state index contributed by atoms with van der Waals surface area (Å²) in [5, 5.41) is 7.80. The number of benzene rings is 2. The second kappa shape index (κ2) is 7.18. The Labute approximate surface area is 150 Å². The Kier molecular flexibility index (Phi) is 4.42. The van der Waals surface area contributed by atoms with Gasteiger partial charge in [0.25, 0.3) is 0 Å². The van der Waals surface area contributed by atoms with Crippen molar-refractivity contribution < 1.29 is 2.85 Å². The first-order valence-corrected chi connectivity index (χ1v) is 8.57. The van der Waals surface area contributed by atoms with E-state index in [1.807, 2.05) is 42.5 Å². The Bertz CT molecular complexity index is 939. The predicted molar refractivity (Wildman–Crippen MR) is 108 cm³/mol. The molecule has 1 heterocycles. The van der Waals surface area contributed by atoms with Gasteiger partial charge in [0.15, 0.2) is 0 Å². The Morgan fingerprint density at radius 1 is 0.920 bits per heavy atom. The van der Waals surface area contributed by atoms with Gasteiger partial charge in [0.2, 0.25) is 5.95 Å². The molecule has 4 nitrogen and oxygen atoms in total. The summed E-state index contributed by atoms with van der Waals surface area (Å²) >= 11 is 0. The highest BCUT2D eigenvalue weighted by molar-refractivity contribution is 5.90. The van der Waals surface area contributed by atoms with Crippen molar-refractivity contribution in [1.82, 2.24) is 9.97 Å². The predicted octanol–water partition coefficient (Wildman–Crippen LogP) is 5.38. The van der Waals surface area contributed by atoms with Crippen molar-refractivity contribution >= 4 is 22.7 Å². The number of hydrogen-bond donors (Lipinski definition) is 2. The van der Waals surface area contributed by atoms with Crippen LogP contribution in [0, 0.1) is 0 Å². The highest BCUT2D eigenvalue weighted by atomic mass is 15.1. The topological polar surface area (TPSA) is 49.8 Å². The van der Waals surface area contributed by atoms with Crippen LogP contribution < -0.4 is 10.6 Å². The minimum atomic E-state index is 0. The zero-order chi connectivity index (χ0) is 16.9. The van der Waals surface area contributed by atoms with E-state index in [0.717, 1.165) is 41.8 Å². The molecule has 0 unspecified atom stereocenters. The average molecular weight is 332 g/mol. The van der Waals surface area contributed by atoms with E-state index in [0.29, 0.717) is 5.95 Å². The van der Waals surface area contributed by atoms with Crippen LogP contribution in [0.2, 0.25) is 0 Å². The fraction of sp³-hybridized carbons (Fsp3) is 0.143. The van der Waals surface area contributed by atoms with Crippen LogP contribution in [0.5, 0.6) is 0 Å². The van der Waals surface area contributed by atoms with Crippen LogP contribution in [0.1, 0.15) is 21.3 Å². The van der Waals surface area contributed by atoms with E-state index in [9.17, 15) is 0 Å². The molecule has 0 aliphatic heterocycles. The third kappa shape index (κ3) is 3.69. The molecule has 2 N–H and O–H groups in total. The molecule has 0 fully saturated rings. The van der Waals surface area contributed by atoms with Crippen molar-refractivity contribution in [2.45, 2.75) is 19.4 Å². The maximum absolute atomic E-state index is 4.70. The van der Waals surface area contributed by atoms with Gasteiger partial charge in [-0.3, -0.25) is 0 Å². The van der Waals surface area contributed by atoms with E-state index in [4.69, 9.17) is 4.98 Å². The smallest absolute Gasteiger partial charge is 0.229 e. The number of nitrogens with zero attached hydrogens (tertiary/aromatic N) is 2. The zero-order valence-electron chi connectivity index (χ0n) is 13.9. The van der Waals surface area contributed by atoms with Crippen molar-refractivity contribution in [2.24, 2.45) is 0 Å². The molecule has 2 aromatic carbocycles.